The number of aliphatic hydroxyl groups excluding tert-OH is 1. The van der Waals surface area contributed by atoms with Gasteiger partial charge in [-0.3, -0.25) is 4.79 Å². The number of nitrogens with zero attached hydrogens (tertiary/aromatic N) is 2. The largest absolute Gasteiger partial charge is 0.435 e. The van der Waals surface area contributed by atoms with Crippen molar-refractivity contribution < 1.29 is 23.1 Å². The highest BCUT2D eigenvalue weighted by molar-refractivity contribution is 5.95. The van der Waals surface area contributed by atoms with E-state index < -0.39 is 11.9 Å². The molecule has 1 aromatic heterocycles. The van der Waals surface area contributed by atoms with Gasteiger partial charge in [0.1, 0.15) is 5.82 Å². The summed E-state index contributed by atoms with van der Waals surface area (Å²) >= 11 is 0. The first-order chi connectivity index (χ1) is 12.9. The number of alkyl halides is 3. The third-order valence-electron chi connectivity index (χ3n) is 4.43. The Morgan fingerprint density at radius 1 is 1.30 bits per heavy atom. The molecule has 3 rings (SSSR count). The van der Waals surface area contributed by atoms with E-state index in [9.17, 15) is 18.0 Å². The number of fused-ring (bicyclic) bond motifs is 1. The second-order valence-electron chi connectivity index (χ2n) is 6.34. The number of hydrogen-bond donors (Lipinski definition) is 3. The number of halogens is 3. The highest BCUT2D eigenvalue weighted by atomic mass is 19.4. The van der Waals surface area contributed by atoms with E-state index in [2.05, 4.69) is 15.6 Å². The summed E-state index contributed by atoms with van der Waals surface area (Å²) in [6, 6.07) is 6.49. The molecular weight excluding hydrogens is 361 g/mol. The maximum atomic E-state index is 13.4. The fourth-order valence-electron chi connectivity index (χ4n) is 3.18. The van der Waals surface area contributed by atoms with Crippen molar-refractivity contribution in [3.05, 3.63) is 47.0 Å². The number of hydrogen-bond acceptors (Lipinski definition) is 4. The Morgan fingerprint density at radius 3 is 2.85 bits per heavy atom. The SMILES string of the molecule is O=C(NCCO)c1cccc(NCc2c(C(F)(F)F)nc3n2CCCC3)c1. The van der Waals surface area contributed by atoms with Crippen molar-refractivity contribution in [2.45, 2.75) is 38.5 Å². The van der Waals surface area contributed by atoms with E-state index in [4.69, 9.17) is 5.11 Å². The van der Waals surface area contributed by atoms with Gasteiger partial charge in [-0.05, 0) is 31.0 Å². The van der Waals surface area contributed by atoms with Crippen molar-refractivity contribution in [2.24, 2.45) is 0 Å². The van der Waals surface area contributed by atoms with Crippen LogP contribution in [0.4, 0.5) is 18.9 Å². The average molecular weight is 382 g/mol. The van der Waals surface area contributed by atoms with Gasteiger partial charge in [0.25, 0.3) is 5.91 Å². The van der Waals surface area contributed by atoms with Crippen LogP contribution in [0.25, 0.3) is 0 Å². The predicted molar refractivity (Wildman–Crippen MR) is 93.4 cm³/mol. The average Bonchev–Trinajstić information content (AvgIpc) is 3.04. The molecule has 1 amide bonds. The quantitative estimate of drug-likeness (QED) is 0.718. The van der Waals surface area contributed by atoms with Crippen LogP contribution >= 0.6 is 0 Å². The molecule has 0 radical (unpaired) electrons. The van der Waals surface area contributed by atoms with Crippen LogP contribution in [0.3, 0.4) is 0 Å². The number of amides is 1. The van der Waals surface area contributed by atoms with E-state index in [1.807, 2.05) is 0 Å². The van der Waals surface area contributed by atoms with E-state index in [1.165, 1.54) is 0 Å². The molecule has 0 atom stereocenters. The molecule has 0 spiro atoms. The Kier molecular flexibility index (Phi) is 5.69. The van der Waals surface area contributed by atoms with Crippen LogP contribution in [0.1, 0.15) is 40.4 Å². The maximum Gasteiger partial charge on any atom is 0.435 e. The second kappa shape index (κ2) is 7.99. The lowest BCUT2D eigenvalue weighted by Crippen LogP contribution is -2.26. The Balaban J connectivity index is 1.79. The van der Waals surface area contributed by atoms with Crippen LogP contribution in [-0.4, -0.2) is 33.7 Å². The molecule has 3 N–H and O–H groups in total. The number of rotatable bonds is 6. The van der Waals surface area contributed by atoms with Crippen molar-refractivity contribution in [2.75, 3.05) is 18.5 Å². The third kappa shape index (κ3) is 4.41. The molecule has 0 saturated carbocycles. The van der Waals surface area contributed by atoms with Gasteiger partial charge in [-0.2, -0.15) is 13.2 Å². The van der Waals surface area contributed by atoms with Crippen LogP contribution in [0.5, 0.6) is 0 Å². The molecule has 9 heteroatoms. The summed E-state index contributed by atoms with van der Waals surface area (Å²) in [6.07, 6.45) is -2.29. The fraction of sp³-hybridized carbons (Fsp3) is 0.444. The zero-order chi connectivity index (χ0) is 19.4. The first kappa shape index (κ1) is 19.2. The minimum atomic E-state index is -4.51. The maximum absolute atomic E-state index is 13.4. The van der Waals surface area contributed by atoms with E-state index in [0.29, 0.717) is 30.0 Å². The summed E-state index contributed by atoms with van der Waals surface area (Å²) in [4.78, 5) is 15.8. The van der Waals surface area contributed by atoms with Gasteiger partial charge in [-0.1, -0.05) is 6.07 Å². The lowest BCUT2D eigenvalue weighted by atomic mass is 10.1. The van der Waals surface area contributed by atoms with Gasteiger partial charge < -0.3 is 20.3 Å². The van der Waals surface area contributed by atoms with Crippen LogP contribution in [0.15, 0.2) is 24.3 Å². The number of carbonyl (C=O) groups is 1. The summed E-state index contributed by atoms with van der Waals surface area (Å²) in [5, 5.41) is 14.3. The number of aromatic nitrogens is 2. The molecule has 146 valence electrons. The number of imidazole rings is 1. The monoisotopic (exact) mass is 382 g/mol. The van der Waals surface area contributed by atoms with Crippen molar-refractivity contribution in [1.82, 2.24) is 14.9 Å². The minimum absolute atomic E-state index is 0.0381. The molecular formula is C18H21F3N4O2. The van der Waals surface area contributed by atoms with Gasteiger partial charge in [0.15, 0.2) is 5.69 Å². The minimum Gasteiger partial charge on any atom is -0.395 e. The smallest absolute Gasteiger partial charge is 0.395 e. The first-order valence-electron chi connectivity index (χ1n) is 8.78. The van der Waals surface area contributed by atoms with Crippen molar-refractivity contribution in [3.8, 4) is 0 Å². The molecule has 2 aromatic rings. The molecule has 0 aliphatic carbocycles. The standard InChI is InChI=1S/C18H21F3N4O2/c19-18(20,21)16-14(25-8-2-1-6-15(25)24-16)11-23-13-5-3-4-12(10-13)17(27)22-7-9-26/h3-5,10,23,26H,1-2,6-9,11H2,(H,22,27). The van der Waals surface area contributed by atoms with E-state index >= 15 is 0 Å². The lowest BCUT2D eigenvalue weighted by molar-refractivity contribution is -0.141. The predicted octanol–water partition coefficient (Wildman–Crippen LogP) is 2.57. The van der Waals surface area contributed by atoms with Crippen LogP contribution in [0.2, 0.25) is 0 Å². The lowest BCUT2D eigenvalue weighted by Gasteiger charge is -2.17. The molecule has 27 heavy (non-hydrogen) atoms. The van der Waals surface area contributed by atoms with Crippen LogP contribution in [-0.2, 0) is 25.7 Å². The number of carbonyl (C=O) groups excluding carboxylic acids is 1. The number of nitrogens with one attached hydrogen (secondary N) is 2. The van der Waals surface area contributed by atoms with E-state index in [0.717, 1.165) is 12.8 Å². The summed E-state index contributed by atoms with van der Waals surface area (Å²) in [7, 11) is 0. The van der Waals surface area contributed by atoms with Gasteiger partial charge in [-0.15, -0.1) is 0 Å². The van der Waals surface area contributed by atoms with Crippen LogP contribution in [0, 0.1) is 0 Å². The number of anilines is 1. The van der Waals surface area contributed by atoms with Gasteiger partial charge >= 0.3 is 6.18 Å². The summed E-state index contributed by atoms with van der Waals surface area (Å²) in [5.74, 6) is 0.118. The second-order valence-corrected chi connectivity index (χ2v) is 6.34. The van der Waals surface area contributed by atoms with Crippen molar-refractivity contribution in [3.63, 3.8) is 0 Å². The molecule has 0 saturated heterocycles. The van der Waals surface area contributed by atoms with Gasteiger partial charge in [0.05, 0.1) is 18.8 Å². The van der Waals surface area contributed by atoms with E-state index in [-0.39, 0.29) is 31.3 Å². The Labute approximate surface area is 154 Å². The number of aryl methyl sites for hydroxylation is 1. The normalized spacial score (nSPS) is 13.9. The Hall–Kier alpha value is -2.55. The van der Waals surface area contributed by atoms with Crippen LogP contribution < -0.4 is 10.6 Å². The van der Waals surface area contributed by atoms with Gasteiger partial charge in [0.2, 0.25) is 0 Å². The molecule has 0 unspecified atom stereocenters. The molecule has 6 nitrogen and oxygen atoms in total. The molecule has 1 aliphatic heterocycles. The first-order valence-corrected chi connectivity index (χ1v) is 8.78. The fourth-order valence-corrected chi connectivity index (χ4v) is 3.18. The summed E-state index contributed by atoms with van der Waals surface area (Å²) in [6.45, 7) is 0.451. The summed E-state index contributed by atoms with van der Waals surface area (Å²) in [5.41, 5.74) is 0.169. The van der Waals surface area contributed by atoms with Crippen molar-refractivity contribution in [1.29, 1.82) is 0 Å². The molecule has 1 aliphatic rings. The summed E-state index contributed by atoms with van der Waals surface area (Å²) < 4.78 is 41.8. The van der Waals surface area contributed by atoms with Crippen molar-refractivity contribution >= 4 is 11.6 Å². The zero-order valence-electron chi connectivity index (χ0n) is 14.6. The van der Waals surface area contributed by atoms with Gasteiger partial charge in [0, 0.05) is 30.8 Å². The molecule has 1 aromatic carbocycles. The highest BCUT2D eigenvalue weighted by Gasteiger charge is 2.39. The number of benzene rings is 1. The highest BCUT2D eigenvalue weighted by Crippen LogP contribution is 2.34. The molecule has 2 heterocycles. The Bertz CT molecular complexity index is 817. The van der Waals surface area contributed by atoms with Gasteiger partial charge in [-0.25, -0.2) is 4.98 Å². The molecule has 0 bridgehead atoms. The molecule has 0 fully saturated rings. The third-order valence-corrected chi connectivity index (χ3v) is 4.43. The number of aliphatic hydroxyl groups is 1. The van der Waals surface area contributed by atoms with E-state index in [1.54, 1.807) is 28.8 Å². The Morgan fingerprint density at radius 2 is 2.11 bits per heavy atom. The topological polar surface area (TPSA) is 79.2 Å². The zero-order valence-corrected chi connectivity index (χ0v) is 14.6.